The number of rotatable bonds is 4. The van der Waals surface area contributed by atoms with Gasteiger partial charge in [-0.05, 0) is 43.2 Å². The van der Waals surface area contributed by atoms with Crippen LogP contribution in [0.3, 0.4) is 0 Å². The van der Waals surface area contributed by atoms with Crippen molar-refractivity contribution in [2.24, 2.45) is 0 Å². The summed E-state index contributed by atoms with van der Waals surface area (Å²) >= 11 is 1.07. The maximum absolute atomic E-state index is 14.0. The first-order chi connectivity index (χ1) is 14.0. The van der Waals surface area contributed by atoms with Gasteiger partial charge in [-0.1, -0.05) is 29.5 Å². The van der Waals surface area contributed by atoms with Crippen molar-refractivity contribution >= 4 is 28.8 Å². The zero-order valence-corrected chi connectivity index (χ0v) is 16.0. The lowest BCUT2D eigenvalue weighted by atomic mass is 10.1. The Morgan fingerprint density at radius 1 is 1.10 bits per heavy atom. The molecule has 0 unspecified atom stereocenters. The van der Waals surface area contributed by atoms with Gasteiger partial charge in [0.2, 0.25) is 5.01 Å². The molecule has 1 aliphatic heterocycles. The Kier molecular flexibility index (Phi) is 5.30. The van der Waals surface area contributed by atoms with E-state index in [4.69, 9.17) is 0 Å². The number of nitrogens with one attached hydrogen (secondary N) is 1. The summed E-state index contributed by atoms with van der Waals surface area (Å²) in [6.07, 6.45) is 1.40. The zero-order chi connectivity index (χ0) is 20.4. The maximum Gasteiger partial charge on any atom is 0.286 e. The number of halogens is 2. The van der Waals surface area contributed by atoms with Gasteiger partial charge < -0.3 is 10.2 Å². The summed E-state index contributed by atoms with van der Waals surface area (Å²) < 4.78 is 27.3. The lowest BCUT2D eigenvalue weighted by Gasteiger charge is -2.23. The molecule has 1 aliphatic rings. The lowest BCUT2D eigenvalue weighted by molar-refractivity contribution is 0.0730. The number of amides is 2. The van der Waals surface area contributed by atoms with Crippen molar-refractivity contribution < 1.29 is 18.4 Å². The van der Waals surface area contributed by atoms with Crippen molar-refractivity contribution in [3.63, 3.8) is 0 Å². The molecule has 1 atom stereocenters. The number of benzene rings is 2. The predicted octanol–water partition coefficient (Wildman–Crippen LogP) is 4.05. The smallest absolute Gasteiger partial charge is 0.286 e. The third-order valence-electron chi connectivity index (χ3n) is 4.62. The minimum atomic E-state index is -0.574. The number of carbonyl (C=O) groups is 2. The van der Waals surface area contributed by atoms with Crippen molar-refractivity contribution in [1.82, 2.24) is 15.1 Å². The Morgan fingerprint density at radius 3 is 2.72 bits per heavy atom. The van der Waals surface area contributed by atoms with Crippen LogP contribution < -0.4 is 5.32 Å². The largest absolute Gasteiger partial charge is 0.329 e. The van der Waals surface area contributed by atoms with Crippen molar-refractivity contribution in [3.05, 3.63) is 75.7 Å². The number of anilines is 1. The van der Waals surface area contributed by atoms with E-state index in [1.54, 1.807) is 17.0 Å². The fourth-order valence-corrected chi connectivity index (χ4v) is 4.15. The maximum atomic E-state index is 14.0. The van der Waals surface area contributed by atoms with Gasteiger partial charge in [-0.15, -0.1) is 10.2 Å². The predicted molar refractivity (Wildman–Crippen MR) is 104 cm³/mol. The van der Waals surface area contributed by atoms with E-state index in [0.717, 1.165) is 17.8 Å². The quantitative estimate of drug-likeness (QED) is 0.699. The Morgan fingerprint density at radius 2 is 1.93 bits per heavy atom. The van der Waals surface area contributed by atoms with Crippen LogP contribution in [0.1, 0.15) is 44.1 Å². The highest BCUT2D eigenvalue weighted by Crippen LogP contribution is 2.35. The molecular formula is C20H16F2N4O2S. The third kappa shape index (κ3) is 4.00. The Bertz CT molecular complexity index is 1070. The highest BCUT2D eigenvalue weighted by Gasteiger charge is 2.34. The fourth-order valence-electron chi connectivity index (χ4n) is 3.27. The lowest BCUT2D eigenvalue weighted by Crippen LogP contribution is -2.31. The van der Waals surface area contributed by atoms with Crippen molar-refractivity contribution in [1.29, 1.82) is 0 Å². The molecule has 2 heterocycles. The molecule has 1 N–H and O–H groups in total. The van der Waals surface area contributed by atoms with Crippen LogP contribution in [0.2, 0.25) is 0 Å². The molecule has 3 aromatic rings. The topological polar surface area (TPSA) is 75.2 Å². The van der Waals surface area contributed by atoms with Gasteiger partial charge in [-0.25, -0.2) is 8.78 Å². The Balaban J connectivity index is 1.51. The first kappa shape index (κ1) is 19.1. The monoisotopic (exact) mass is 414 g/mol. The second kappa shape index (κ2) is 8.04. The van der Waals surface area contributed by atoms with E-state index in [0.29, 0.717) is 23.7 Å². The van der Waals surface area contributed by atoms with Crippen LogP contribution in [0.25, 0.3) is 0 Å². The van der Waals surface area contributed by atoms with Crippen molar-refractivity contribution in [3.8, 4) is 0 Å². The molecule has 0 bridgehead atoms. The van der Waals surface area contributed by atoms with Crippen molar-refractivity contribution in [2.75, 3.05) is 11.9 Å². The summed E-state index contributed by atoms with van der Waals surface area (Å²) in [5.74, 6) is -1.96. The van der Waals surface area contributed by atoms with Crippen molar-refractivity contribution in [2.45, 2.75) is 18.9 Å². The Hall–Kier alpha value is -3.20. The molecule has 2 aromatic carbocycles. The summed E-state index contributed by atoms with van der Waals surface area (Å²) in [6.45, 7) is 0.474. The molecular weight excluding hydrogens is 398 g/mol. The van der Waals surface area contributed by atoms with Crippen LogP contribution in [0.5, 0.6) is 0 Å². The molecule has 9 heteroatoms. The number of hydrogen-bond donors (Lipinski definition) is 1. The van der Waals surface area contributed by atoms with Crippen LogP contribution in [0.15, 0.2) is 48.5 Å². The van der Waals surface area contributed by atoms with Crippen LogP contribution in [0, 0.1) is 11.6 Å². The second-order valence-electron chi connectivity index (χ2n) is 6.55. The number of carbonyl (C=O) groups excluding carboxylic acids is 2. The molecule has 4 rings (SSSR count). The molecule has 0 aliphatic carbocycles. The molecule has 29 heavy (non-hydrogen) atoms. The van der Waals surface area contributed by atoms with Crippen LogP contribution in [-0.4, -0.2) is 33.5 Å². The van der Waals surface area contributed by atoms with E-state index in [1.165, 1.54) is 36.4 Å². The molecule has 1 fully saturated rings. The van der Waals surface area contributed by atoms with Gasteiger partial charge in [0.25, 0.3) is 11.8 Å². The highest BCUT2D eigenvalue weighted by atomic mass is 32.1. The molecule has 0 radical (unpaired) electrons. The second-order valence-corrected chi connectivity index (χ2v) is 7.56. The Labute approximate surface area is 169 Å². The average Bonchev–Trinajstić information content (AvgIpc) is 3.37. The van der Waals surface area contributed by atoms with E-state index in [-0.39, 0.29) is 16.6 Å². The standard InChI is InChI=1S/C20H16F2N4O2S/c21-12-5-3-6-13(11-12)23-17(27)19-25-24-18(29-19)16-9-4-10-26(16)20(28)14-7-1-2-8-15(14)22/h1-3,5-8,11,16H,4,9-10H2,(H,23,27)/t16-/m1/s1. The van der Waals surface area contributed by atoms with Gasteiger partial charge >= 0.3 is 0 Å². The minimum absolute atomic E-state index is 0.00739. The van der Waals surface area contributed by atoms with E-state index in [9.17, 15) is 18.4 Å². The number of hydrogen-bond acceptors (Lipinski definition) is 5. The van der Waals surface area contributed by atoms with Gasteiger partial charge in [-0.3, -0.25) is 9.59 Å². The SMILES string of the molecule is O=C(Nc1cccc(F)c1)c1nnc([C@H]2CCCN2C(=O)c2ccccc2F)s1. The number of likely N-dealkylation sites (tertiary alicyclic amines) is 1. The summed E-state index contributed by atoms with van der Waals surface area (Å²) in [5.41, 5.74) is 0.317. The van der Waals surface area contributed by atoms with Gasteiger partial charge in [-0.2, -0.15) is 0 Å². The number of aromatic nitrogens is 2. The van der Waals surface area contributed by atoms with Gasteiger partial charge in [0, 0.05) is 12.2 Å². The van der Waals surface area contributed by atoms with E-state index < -0.39 is 23.4 Å². The van der Waals surface area contributed by atoms with Gasteiger partial charge in [0.05, 0.1) is 11.6 Å². The first-order valence-corrected chi connectivity index (χ1v) is 9.80. The molecule has 6 nitrogen and oxygen atoms in total. The number of nitrogens with zero attached hydrogens (tertiary/aromatic N) is 3. The summed E-state index contributed by atoms with van der Waals surface area (Å²) in [4.78, 5) is 26.7. The molecule has 2 amide bonds. The molecule has 1 saturated heterocycles. The molecule has 148 valence electrons. The fraction of sp³-hybridized carbons (Fsp3) is 0.200. The molecule has 1 aromatic heterocycles. The summed E-state index contributed by atoms with van der Waals surface area (Å²) in [5, 5.41) is 11.2. The first-order valence-electron chi connectivity index (χ1n) is 8.99. The van der Waals surface area contributed by atoms with Crippen LogP contribution >= 0.6 is 11.3 Å². The van der Waals surface area contributed by atoms with E-state index >= 15 is 0 Å². The average molecular weight is 414 g/mol. The normalized spacial score (nSPS) is 16.1. The minimum Gasteiger partial charge on any atom is -0.329 e. The van der Waals surface area contributed by atoms with Crippen LogP contribution in [-0.2, 0) is 0 Å². The van der Waals surface area contributed by atoms with E-state index in [1.807, 2.05) is 0 Å². The summed E-state index contributed by atoms with van der Waals surface area (Å²) in [7, 11) is 0. The van der Waals surface area contributed by atoms with Gasteiger partial charge in [0.15, 0.2) is 0 Å². The third-order valence-corrected chi connectivity index (χ3v) is 5.64. The summed E-state index contributed by atoms with van der Waals surface area (Å²) in [6, 6.07) is 11.0. The zero-order valence-electron chi connectivity index (χ0n) is 15.1. The highest BCUT2D eigenvalue weighted by molar-refractivity contribution is 7.13. The van der Waals surface area contributed by atoms with E-state index in [2.05, 4.69) is 15.5 Å². The van der Waals surface area contributed by atoms with Crippen LogP contribution in [0.4, 0.5) is 14.5 Å². The van der Waals surface area contributed by atoms with Gasteiger partial charge in [0.1, 0.15) is 16.6 Å². The molecule has 0 saturated carbocycles. The molecule has 0 spiro atoms.